The van der Waals surface area contributed by atoms with Crippen LogP contribution in [0, 0.1) is 0 Å². The molecule has 0 saturated carbocycles. The number of amides is 1. The molecular weight excluding hydrogens is 326 g/mol. The monoisotopic (exact) mass is 349 g/mol. The van der Waals surface area contributed by atoms with Gasteiger partial charge in [0.15, 0.2) is 0 Å². The third-order valence-electron chi connectivity index (χ3n) is 4.45. The van der Waals surface area contributed by atoms with Gasteiger partial charge in [-0.3, -0.25) is 9.89 Å². The number of hydrogen-bond acceptors (Lipinski definition) is 3. The summed E-state index contributed by atoms with van der Waals surface area (Å²) in [4.78, 5) is 12.5. The van der Waals surface area contributed by atoms with Crippen LogP contribution in [0.5, 0.6) is 5.75 Å². The largest absolute Gasteiger partial charge is 0.496 e. The van der Waals surface area contributed by atoms with Crippen LogP contribution in [0.4, 0.5) is 5.69 Å². The molecule has 0 spiro atoms. The number of aromatic nitrogens is 2. The van der Waals surface area contributed by atoms with Gasteiger partial charge in [0.2, 0.25) is 5.91 Å². The van der Waals surface area contributed by atoms with E-state index in [1.165, 1.54) is 0 Å². The Hall–Kier alpha value is -3.08. The number of methoxy groups -OCH3 is 1. The zero-order chi connectivity index (χ0) is 18.6. The molecule has 5 nitrogen and oxygen atoms in total. The van der Waals surface area contributed by atoms with Crippen LogP contribution in [0.25, 0.3) is 11.1 Å². The standard InChI is InChI=1S/C21H23N3O2/c1-21(2,16-7-5-4-6-8-16)12-20(25)24-17-9-10-18(19(11-17)26-3)15-13-22-23-14-15/h4-11,13-14H,12H2,1-3H3,(H,22,23)(H,24,25). The van der Waals surface area contributed by atoms with E-state index in [0.717, 1.165) is 16.7 Å². The van der Waals surface area contributed by atoms with Gasteiger partial charge in [0.25, 0.3) is 0 Å². The number of H-pyrrole nitrogens is 1. The van der Waals surface area contributed by atoms with E-state index >= 15 is 0 Å². The lowest BCUT2D eigenvalue weighted by atomic mass is 9.81. The Labute approximate surface area is 153 Å². The van der Waals surface area contributed by atoms with Gasteiger partial charge in [-0.25, -0.2) is 0 Å². The number of hydrogen-bond donors (Lipinski definition) is 2. The quantitative estimate of drug-likeness (QED) is 0.693. The number of carbonyl (C=O) groups is 1. The Morgan fingerprint density at radius 2 is 1.96 bits per heavy atom. The lowest BCUT2D eigenvalue weighted by Gasteiger charge is -2.24. The van der Waals surface area contributed by atoms with Crippen molar-refractivity contribution in [1.29, 1.82) is 0 Å². The molecule has 5 heteroatoms. The van der Waals surface area contributed by atoms with Gasteiger partial charge in [-0.2, -0.15) is 5.10 Å². The molecular formula is C21H23N3O2. The van der Waals surface area contributed by atoms with E-state index in [9.17, 15) is 4.79 Å². The molecule has 3 rings (SSSR count). The van der Waals surface area contributed by atoms with Gasteiger partial charge in [-0.1, -0.05) is 44.2 Å². The van der Waals surface area contributed by atoms with Gasteiger partial charge in [0, 0.05) is 35.5 Å². The highest BCUT2D eigenvalue weighted by Crippen LogP contribution is 2.32. The SMILES string of the molecule is COc1cc(NC(=O)CC(C)(C)c2ccccc2)ccc1-c1cn[nH]c1. The van der Waals surface area contributed by atoms with Gasteiger partial charge >= 0.3 is 0 Å². The van der Waals surface area contributed by atoms with Crippen LogP contribution in [0.1, 0.15) is 25.8 Å². The maximum atomic E-state index is 12.5. The third-order valence-corrected chi connectivity index (χ3v) is 4.45. The summed E-state index contributed by atoms with van der Waals surface area (Å²) in [6.07, 6.45) is 3.93. The predicted molar refractivity (Wildman–Crippen MR) is 103 cm³/mol. The van der Waals surface area contributed by atoms with Crippen molar-refractivity contribution in [2.45, 2.75) is 25.7 Å². The summed E-state index contributed by atoms with van der Waals surface area (Å²) >= 11 is 0. The molecule has 0 bridgehead atoms. The van der Waals surface area contributed by atoms with E-state index in [-0.39, 0.29) is 11.3 Å². The smallest absolute Gasteiger partial charge is 0.225 e. The lowest BCUT2D eigenvalue weighted by Crippen LogP contribution is -2.25. The molecule has 26 heavy (non-hydrogen) atoms. The van der Waals surface area contributed by atoms with Crippen molar-refractivity contribution in [3.8, 4) is 16.9 Å². The van der Waals surface area contributed by atoms with Gasteiger partial charge in [0.1, 0.15) is 5.75 Å². The number of anilines is 1. The van der Waals surface area contributed by atoms with E-state index in [1.54, 1.807) is 19.5 Å². The summed E-state index contributed by atoms with van der Waals surface area (Å²) in [5.41, 5.74) is 3.46. The Kier molecular flexibility index (Phi) is 5.07. The zero-order valence-corrected chi connectivity index (χ0v) is 15.2. The summed E-state index contributed by atoms with van der Waals surface area (Å²) < 4.78 is 5.47. The predicted octanol–water partition coefficient (Wildman–Crippen LogP) is 4.39. The molecule has 1 heterocycles. The second-order valence-corrected chi connectivity index (χ2v) is 6.88. The van der Waals surface area contributed by atoms with E-state index in [1.807, 2.05) is 36.4 Å². The average Bonchev–Trinajstić information content (AvgIpc) is 3.16. The van der Waals surface area contributed by atoms with Crippen molar-refractivity contribution in [1.82, 2.24) is 10.2 Å². The summed E-state index contributed by atoms with van der Waals surface area (Å²) in [7, 11) is 1.61. The molecule has 0 fully saturated rings. The fraction of sp³-hybridized carbons (Fsp3) is 0.238. The first-order chi connectivity index (χ1) is 12.5. The van der Waals surface area contributed by atoms with Crippen LogP contribution in [0.2, 0.25) is 0 Å². The first-order valence-corrected chi connectivity index (χ1v) is 8.52. The zero-order valence-electron chi connectivity index (χ0n) is 15.2. The van der Waals surface area contributed by atoms with Crippen molar-refractivity contribution >= 4 is 11.6 Å². The molecule has 134 valence electrons. The second kappa shape index (κ2) is 7.44. The van der Waals surface area contributed by atoms with Crippen LogP contribution in [-0.2, 0) is 10.2 Å². The van der Waals surface area contributed by atoms with Crippen molar-refractivity contribution in [2.24, 2.45) is 0 Å². The van der Waals surface area contributed by atoms with E-state index in [4.69, 9.17) is 4.74 Å². The number of rotatable bonds is 6. The highest BCUT2D eigenvalue weighted by atomic mass is 16.5. The molecule has 2 aromatic carbocycles. The number of ether oxygens (including phenoxy) is 1. The molecule has 0 radical (unpaired) electrons. The summed E-state index contributed by atoms with van der Waals surface area (Å²) in [6, 6.07) is 15.7. The summed E-state index contributed by atoms with van der Waals surface area (Å²) in [6.45, 7) is 4.15. The minimum absolute atomic E-state index is 0.0306. The maximum absolute atomic E-state index is 12.5. The van der Waals surface area contributed by atoms with Crippen LogP contribution >= 0.6 is 0 Å². The molecule has 0 saturated heterocycles. The van der Waals surface area contributed by atoms with Crippen molar-refractivity contribution in [3.05, 3.63) is 66.5 Å². The minimum atomic E-state index is -0.244. The fourth-order valence-electron chi connectivity index (χ4n) is 3.00. The van der Waals surface area contributed by atoms with Crippen LogP contribution in [0.15, 0.2) is 60.9 Å². The molecule has 1 aromatic heterocycles. The molecule has 0 aliphatic heterocycles. The van der Waals surface area contributed by atoms with Crippen LogP contribution < -0.4 is 10.1 Å². The highest BCUT2D eigenvalue weighted by Gasteiger charge is 2.24. The molecule has 3 aromatic rings. The van der Waals surface area contributed by atoms with Gasteiger partial charge < -0.3 is 10.1 Å². The second-order valence-electron chi connectivity index (χ2n) is 6.88. The molecule has 0 atom stereocenters. The van der Waals surface area contributed by atoms with E-state index in [2.05, 4.69) is 41.5 Å². The Bertz CT molecular complexity index is 872. The first-order valence-electron chi connectivity index (χ1n) is 8.52. The van der Waals surface area contributed by atoms with Gasteiger partial charge in [-0.15, -0.1) is 0 Å². The van der Waals surface area contributed by atoms with Crippen molar-refractivity contribution < 1.29 is 9.53 Å². The average molecular weight is 349 g/mol. The molecule has 2 N–H and O–H groups in total. The normalized spacial score (nSPS) is 11.2. The maximum Gasteiger partial charge on any atom is 0.225 e. The lowest BCUT2D eigenvalue weighted by molar-refractivity contribution is -0.117. The number of nitrogens with one attached hydrogen (secondary N) is 2. The number of benzene rings is 2. The third kappa shape index (κ3) is 3.94. The van der Waals surface area contributed by atoms with E-state index in [0.29, 0.717) is 17.9 Å². The van der Waals surface area contributed by atoms with Crippen LogP contribution in [-0.4, -0.2) is 23.2 Å². The van der Waals surface area contributed by atoms with Crippen LogP contribution in [0.3, 0.4) is 0 Å². The molecule has 1 amide bonds. The van der Waals surface area contributed by atoms with E-state index < -0.39 is 0 Å². The number of nitrogens with zero attached hydrogens (tertiary/aromatic N) is 1. The highest BCUT2D eigenvalue weighted by molar-refractivity contribution is 5.92. The molecule has 0 unspecified atom stereocenters. The van der Waals surface area contributed by atoms with Crippen molar-refractivity contribution in [2.75, 3.05) is 12.4 Å². The molecule has 0 aliphatic rings. The first kappa shape index (κ1) is 17.7. The summed E-state index contributed by atoms with van der Waals surface area (Å²) in [5.74, 6) is 0.656. The summed E-state index contributed by atoms with van der Waals surface area (Å²) in [5, 5.41) is 9.73. The van der Waals surface area contributed by atoms with Gasteiger partial charge in [-0.05, 0) is 23.1 Å². The Morgan fingerprint density at radius 3 is 2.62 bits per heavy atom. The van der Waals surface area contributed by atoms with Gasteiger partial charge in [0.05, 0.1) is 13.3 Å². The number of aromatic amines is 1. The Morgan fingerprint density at radius 1 is 1.19 bits per heavy atom. The fourth-order valence-corrected chi connectivity index (χ4v) is 3.00. The number of carbonyl (C=O) groups excluding carboxylic acids is 1. The molecule has 0 aliphatic carbocycles. The topological polar surface area (TPSA) is 67.0 Å². The van der Waals surface area contributed by atoms with Crippen molar-refractivity contribution in [3.63, 3.8) is 0 Å². The Balaban J connectivity index is 1.73. The minimum Gasteiger partial charge on any atom is -0.496 e.